The maximum atomic E-state index is 11.8. The van der Waals surface area contributed by atoms with Crippen LogP contribution in [0.1, 0.15) is 24.8 Å². The highest BCUT2D eigenvalue weighted by Gasteiger charge is 2.22. The van der Waals surface area contributed by atoms with Crippen molar-refractivity contribution in [1.29, 1.82) is 0 Å². The van der Waals surface area contributed by atoms with Crippen LogP contribution in [0.2, 0.25) is 0 Å². The smallest absolute Gasteiger partial charge is 0.166 e. The van der Waals surface area contributed by atoms with Crippen molar-refractivity contribution in [1.82, 2.24) is 0 Å². The molecule has 0 radical (unpaired) electrons. The summed E-state index contributed by atoms with van der Waals surface area (Å²) in [7, 11) is 1.64. The fourth-order valence-corrected chi connectivity index (χ4v) is 1.95. The first-order chi connectivity index (χ1) is 7.33. The zero-order valence-electron chi connectivity index (χ0n) is 8.82. The molecule has 2 nitrogen and oxygen atoms in total. The van der Waals surface area contributed by atoms with E-state index >= 15 is 0 Å². The minimum absolute atomic E-state index is 0.198. The number of ether oxygens (including phenoxy) is 1. The first-order valence-corrected chi connectivity index (χ1v) is 5.18. The third-order valence-electron chi connectivity index (χ3n) is 2.67. The van der Waals surface area contributed by atoms with Gasteiger partial charge in [0.25, 0.3) is 0 Å². The topological polar surface area (TPSA) is 26.3 Å². The molecule has 0 N–H and O–H groups in total. The van der Waals surface area contributed by atoms with E-state index in [2.05, 4.69) is 0 Å². The summed E-state index contributed by atoms with van der Waals surface area (Å²) in [5.74, 6) is 1.03. The van der Waals surface area contributed by atoms with Crippen LogP contribution in [0.3, 0.4) is 0 Å². The molecule has 0 unspecified atom stereocenters. The van der Waals surface area contributed by atoms with Crippen LogP contribution in [-0.4, -0.2) is 12.9 Å². The van der Waals surface area contributed by atoms with Crippen LogP contribution in [0, 0.1) is 0 Å². The minimum atomic E-state index is 0.198. The van der Waals surface area contributed by atoms with E-state index in [1.165, 1.54) is 0 Å². The van der Waals surface area contributed by atoms with Crippen LogP contribution in [-0.2, 0) is 9.53 Å². The van der Waals surface area contributed by atoms with E-state index < -0.39 is 0 Å². The minimum Gasteiger partial charge on any atom is -0.500 e. The van der Waals surface area contributed by atoms with Crippen molar-refractivity contribution < 1.29 is 9.53 Å². The monoisotopic (exact) mass is 202 g/mol. The van der Waals surface area contributed by atoms with E-state index in [0.717, 1.165) is 29.7 Å². The third kappa shape index (κ3) is 1.94. The van der Waals surface area contributed by atoms with Gasteiger partial charge in [-0.25, -0.2) is 0 Å². The molecule has 1 aromatic rings. The van der Waals surface area contributed by atoms with E-state index in [0.29, 0.717) is 6.42 Å². The molecular weight excluding hydrogens is 188 g/mol. The van der Waals surface area contributed by atoms with Crippen LogP contribution in [0.15, 0.2) is 36.1 Å². The molecule has 0 saturated heterocycles. The lowest BCUT2D eigenvalue weighted by Crippen LogP contribution is -2.11. The zero-order valence-corrected chi connectivity index (χ0v) is 8.82. The first kappa shape index (κ1) is 9.97. The Morgan fingerprint density at radius 1 is 1.13 bits per heavy atom. The summed E-state index contributed by atoms with van der Waals surface area (Å²) in [5, 5.41) is 0. The maximum absolute atomic E-state index is 11.8. The van der Waals surface area contributed by atoms with Gasteiger partial charge in [0.1, 0.15) is 5.76 Å². The normalized spacial score (nSPS) is 16.7. The molecule has 0 bridgehead atoms. The van der Waals surface area contributed by atoms with Crippen molar-refractivity contribution >= 4 is 11.4 Å². The Kier molecular flexibility index (Phi) is 2.86. The highest BCUT2D eigenvalue weighted by molar-refractivity contribution is 6.21. The summed E-state index contributed by atoms with van der Waals surface area (Å²) in [5.41, 5.74) is 1.74. The molecule has 78 valence electrons. The quantitative estimate of drug-likeness (QED) is 0.737. The summed E-state index contributed by atoms with van der Waals surface area (Å²) in [6.07, 6.45) is 2.40. The largest absolute Gasteiger partial charge is 0.500 e. The SMILES string of the molecule is COC1=C(c2ccccc2)C(=O)CCC1. The number of hydrogen-bond donors (Lipinski definition) is 0. The lowest BCUT2D eigenvalue weighted by Gasteiger charge is -2.18. The molecule has 2 rings (SSSR count). The highest BCUT2D eigenvalue weighted by Crippen LogP contribution is 2.29. The third-order valence-corrected chi connectivity index (χ3v) is 2.67. The van der Waals surface area contributed by atoms with E-state index in [1.807, 2.05) is 30.3 Å². The Hall–Kier alpha value is -1.57. The lowest BCUT2D eigenvalue weighted by atomic mass is 9.91. The van der Waals surface area contributed by atoms with Gasteiger partial charge >= 0.3 is 0 Å². The average Bonchev–Trinajstić information content (AvgIpc) is 2.29. The molecule has 1 aliphatic rings. The Balaban J connectivity index is 2.47. The highest BCUT2D eigenvalue weighted by atomic mass is 16.5. The second-order valence-electron chi connectivity index (χ2n) is 3.65. The predicted molar refractivity (Wildman–Crippen MR) is 59.2 cm³/mol. The number of methoxy groups -OCH3 is 1. The second kappa shape index (κ2) is 4.30. The van der Waals surface area contributed by atoms with Crippen molar-refractivity contribution in [3.8, 4) is 0 Å². The summed E-state index contributed by atoms with van der Waals surface area (Å²) in [4.78, 5) is 11.8. The van der Waals surface area contributed by atoms with E-state index in [1.54, 1.807) is 7.11 Å². The summed E-state index contributed by atoms with van der Waals surface area (Å²) < 4.78 is 5.29. The van der Waals surface area contributed by atoms with E-state index in [4.69, 9.17) is 4.74 Å². The molecule has 0 amide bonds. The van der Waals surface area contributed by atoms with Gasteiger partial charge < -0.3 is 4.74 Å². The molecule has 15 heavy (non-hydrogen) atoms. The molecule has 1 aliphatic carbocycles. The number of hydrogen-bond acceptors (Lipinski definition) is 2. The van der Waals surface area contributed by atoms with Crippen molar-refractivity contribution in [2.24, 2.45) is 0 Å². The van der Waals surface area contributed by atoms with Crippen molar-refractivity contribution in [2.75, 3.05) is 7.11 Å². The molecule has 0 atom stereocenters. The average molecular weight is 202 g/mol. The van der Waals surface area contributed by atoms with E-state index in [9.17, 15) is 4.79 Å². The van der Waals surface area contributed by atoms with Gasteiger partial charge in [0.05, 0.1) is 12.7 Å². The Bertz CT molecular complexity index is 390. The van der Waals surface area contributed by atoms with Gasteiger partial charge in [-0.3, -0.25) is 4.79 Å². The summed E-state index contributed by atoms with van der Waals surface area (Å²) in [6.45, 7) is 0. The molecule has 0 fully saturated rings. The molecule has 0 spiro atoms. The second-order valence-corrected chi connectivity index (χ2v) is 3.65. The Morgan fingerprint density at radius 2 is 1.87 bits per heavy atom. The van der Waals surface area contributed by atoms with Gasteiger partial charge in [-0.2, -0.15) is 0 Å². The van der Waals surface area contributed by atoms with Crippen molar-refractivity contribution in [2.45, 2.75) is 19.3 Å². The van der Waals surface area contributed by atoms with Gasteiger partial charge in [-0.15, -0.1) is 0 Å². The van der Waals surface area contributed by atoms with Gasteiger partial charge in [-0.1, -0.05) is 30.3 Å². The van der Waals surface area contributed by atoms with Crippen LogP contribution < -0.4 is 0 Å². The maximum Gasteiger partial charge on any atom is 0.166 e. The molecular formula is C13H14O2. The van der Waals surface area contributed by atoms with E-state index in [-0.39, 0.29) is 5.78 Å². The molecule has 2 heteroatoms. The number of Topliss-reactive ketones (excluding diaryl/α,β-unsaturated/α-hetero) is 1. The number of allylic oxidation sites excluding steroid dienone is 2. The summed E-state index contributed by atoms with van der Waals surface area (Å²) in [6, 6.07) is 9.74. The number of ketones is 1. The number of benzene rings is 1. The van der Waals surface area contributed by atoms with Crippen LogP contribution in [0.4, 0.5) is 0 Å². The summed E-state index contributed by atoms with van der Waals surface area (Å²) >= 11 is 0. The molecule has 0 aromatic heterocycles. The van der Waals surface area contributed by atoms with Gasteiger partial charge in [0.15, 0.2) is 5.78 Å². The van der Waals surface area contributed by atoms with Crippen molar-refractivity contribution in [3.63, 3.8) is 0 Å². The number of carbonyl (C=O) groups excluding carboxylic acids is 1. The fourth-order valence-electron chi connectivity index (χ4n) is 1.95. The zero-order chi connectivity index (χ0) is 10.7. The van der Waals surface area contributed by atoms with Crippen LogP contribution >= 0.6 is 0 Å². The Morgan fingerprint density at radius 3 is 2.53 bits per heavy atom. The molecule has 0 heterocycles. The van der Waals surface area contributed by atoms with Crippen LogP contribution in [0.5, 0.6) is 0 Å². The predicted octanol–water partition coefficient (Wildman–Crippen LogP) is 2.80. The Labute approximate surface area is 89.6 Å². The molecule has 0 aliphatic heterocycles. The van der Waals surface area contributed by atoms with Crippen molar-refractivity contribution in [3.05, 3.63) is 41.7 Å². The molecule has 1 aromatic carbocycles. The first-order valence-electron chi connectivity index (χ1n) is 5.18. The molecule has 0 saturated carbocycles. The number of rotatable bonds is 2. The van der Waals surface area contributed by atoms with Gasteiger partial charge in [0, 0.05) is 12.8 Å². The van der Waals surface area contributed by atoms with Gasteiger partial charge in [-0.05, 0) is 12.0 Å². The lowest BCUT2D eigenvalue weighted by molar-refractivity contribution is -0.114. The fraction of sp³-hybridized carbons (Fsp3) is 0.308. The van der Waals surface area contributed by atoms with Gasteiger partial charge in [0.2, 0.25) is 0 Å². The number of carbonyl (C=O) groups is 1. The van der Waals surface area contributed by atoms with Crippen LogP contribution in [0.25, 0.3) is 5.57 Å². The standard InChI is InChI=1S/C13H14O2/c1-15-12-9-5-8-11(14)13(12)10-6-3-2-4-7-10/h2-4,6-7H,5,8-9H2,1H3.